The number of benzene rings is 1. The van der Waals surface area contributed by atoms with Crippen LogP contribution in [0.25, 0.3) is 0 Å². The first-order valence-electron chi connectivity index (χ1n) is 6.31. The van der Waals surface area contributed by atoms with E-state index in [1.165, 1.54) is 0 Å². The molecular formula is C14H21NO2. The number of aliphatic hydroxyl groups is 1. The molecule has 0 radical (unpaired) electrons. The molecule has 17 heavy (non-hydrogen) atoms. The van der Waals surface area contributed by atoms with E-state index in [1.807, 2.05) is 12.1 Å². The normalized spacial score (nSPS) is 26.6. The molecule has 1 aliphatic carbocycles. The maximum atomic E-state index is 10.1. The van der Waals surface area contributed by atoms with E-state index >= 15 is 0 Å². The number of rotatable bonds is 2. The molecule has 2 atom stereocenters. The predicted octanol–water partition coefficient (Wildman–Crippen LogP) is 1.69. The lowest BCUT2D eigenvalue weighted by Crippen LogP contribution is -2.56. The van der Waals surface area contributed by atoms with Gasteiger partial charge in [0.05, 0.1) is 6.10 Å². The molecule has 94 valence electrons. The largest absolute Gasteiger partial charge is 0.508 e. The lowest BCUT2D eigenvalue weighted by molar-refractivity contribution is 0.0851. The minimum absolute atomic E-state index is 0.217. The van der Waals surface area contributed by atoms with Crippen molar-refractivity contribution in [1.29, 1.82) is 0 Å². The highest BCUT2D eigenvalue weighted by Crippen LogP contribution is 2.43. The number of hydrogen-bond donors (Lipinski definition) is 3. The topological polar surface area (TPSA) is 66.5 Å². The standard InChI is InChI=1S/C14H21NO2/c1-3-14(4-2)11-8-10(16)6-5-9(11)7-12(17)13(14)15/h5-6,8,12-13,16-17H,3-4,7,15H2,1-2H3/t12-,13+/m0/s1. The molecular weight excluding hydrogens is 214 g/mol. The van der Waals surface area contributed by atoms with Crippen molar-refractivity contribution in [2.45, 2.75) is 50.7 Å². The first kappa shape index (κ1) is 12.4. The summed E-state index contributed by atoms with van der Waals surface area (Å²) in [7, 11) is 0. The van der Waals surface area contributed by atoms with Crippen LogP contribution in [0.1, 0.15) is 37.8 Å². The van der Waals surface area contributed by atoms with Gasteiger partial charge in [0, 0.05) is 17.9 Å². The van der Waals surface area contributed by atoms with Gasteiger partial charge in [0.1, 0.15) is 5.75 Å². The van der Waals surface area contributed by atoms with E-state index in [9.17, 15) is 10.2 Å². The molecule has 0 unspecified atom stereocenters. The van der Waals surface area contributed by atoms with E-state index in [-0.39, 0.29) is 17.2 Å². The van der Waals surface area contributed by atoms with Crippen molar-refractivity contribution in [3.8, 4) is 5.75 Å². The highest BCUT2D eigenvalue weighted by atomic mass is 16.3. The average Bonchev–Trinajstić information content (AvgIpc) is 2.33. The Morgan fingerprint density at radius 1 is 1.35 bits per heavy atom. The molecule has 4 N–H and O–H groups in total. The molecule has 0 aliphatic heterocycles. The molecule has 2 rings (SSSR count). The molecule has 3 heteroatoms. The van der Waals surface area contributed by atoms with Gasteiger partial charge < -0.3 is 15.9 Å². The van der Waals surface area contributed by atoms with Gasteiger partial charge in [-0.3, -0.25) is 0 Å². The van der Waals surface area contributed by atoms with Crippen molar-refractivity contribution in [1.82, 2.24) is 0 Å². The molecule has 1 aromatic carbocycles. The van der Waals surface area contributed by atoms with Crippen LogP contribution < -0.4 is 5.73 Å². The SMILES string of the molecule is CCC1(CC)c2cc(O)ccc2C[C@H](O)[C@H]1N. The van der Waals surface area contributed by atoms with Gasteiger partial charge in [0.15, 0.2) is 0 Å². The molecule has 0 saturated carbocycles. The lowest BCUT2D eigenvalue weighted by Gasteiger charge is -2.45. The Morgan fingerprint density at radius 3 is 2.59 bits per heavy atom. The maximum absolute atomic E-state index is 10.1. The highest BCUT2D eigenvalue weighted by Gasteiger charge is 2.44. The quantitative estimate of drug-likeness (QED) is 0.731. The van der Waals surface area contributed by atoms with Crippen LogP contribution in [-0.4, -0.2) is 22.4 Å². The zero-order valence-electron chi connectivity index (χ0n) is 10.5. The Bertz CT molecular complexity index is 413. The molecule has 0 fully saturated rings. The second-order valence-corrected chi connectivity index (χ2v) is 5.00. The number of phenolic OH excluding ortho intramolecular Hbond substituents is 1. The van der Waals surface area contributed by atoms with Crippen LogP contribution >= 0.6 is 0 Å². The highest BCUT2D eigenvalue weighted by molar-refractivity contribution is 5.44. The Kier molecular flexibility index (Phi) is 3.15. The van der Waals surface area contributed by atoms with E-state index in [0.717, 1.165) is 24.0 Å². The Balaban J connectivity index is 2.62. The molecule has 1 aliphatic rings. The molecule has 3 nitrogen and oxygen atoms in total. The lowest BCUT2D eigenvalue weighted by atomic mass is 9.63. The minimum Gasteiger partial charge on any atom is -0.508 e. The van der Waals surface area contributed by atoms with Crippen molar-refractivity contribution in [3.05, 3.63) is 29.3 Å². The van der Waals surface area contributed by atoms with Crippen LogP contribution in [-0.2, 0) is 11.8 Å². The van der Waals surface area contributed by atoms with Gasteiger partial charge in [0.25, 0.3) is 0 Å². The summed E-state index contributed by atoms with van der Waals surface area (Å²) in [5.41, 5.74) is 8.22. The van der Waals surface area contributed by atoms with Crippen molar-refractivity contribution in [3.63, 3.8) is 0 Å². The van der Waals surface area contributed by atoms with E-state index in [4.69, 9.17) is 5.73 Å². The van der Waals surface area contributed by atoms with Crippen LogP contribution in [0, 0.1) is 0 Å². The van der Waals surface area contributed by atoms with Crippen LogP contribution in [0.5, 0.6) is 5.75 Å². The summed E-state index contributed by atoms with van der Waals surface area (Å²) < 4.78 is 0. The Morgan fingerprint density at radius 2 is 2.00 bits per heavy atom. The third-order valence-electron chi connectivity index (χ3n) is 4.37. The fourth-order valence-corrected chi connectivity index (χ4v) is 3.21. The summed E-state index contributed by atoms with van der Waals surface area (Å²) >= 11 is 0. The molecule has 0 heterocycles. The fourth-order valence-electron chi connectivity index (χ4n) is 3.21. The third kappa shape index (κ3) is 1.74. The first-order chi connectivity index (χ1) is 8.05. The van der Waals surface area contributed by atoms with Crippen molar-refractivity contribution >= 4 is 0 Å². The number of aromatic hydroxyl groups is 1. The predicted molar refractivity (Wildman–Crippen MR) is 68.1 cm³/mol. The summed E-state index contributed by atoms with van der Waals surface area (Å²) in [6.45, 7) is 4.18. The zero-order chi connectivity index (χ0) is 12.6. The third-order valence-corrected chi connectivity index (χ3v) is 4.37. The molecule has 0 spiro atoms. The van der Waals surface area contributed by atoms with Crippen LogP contribution in [0.2, 0.25) is 0 Å². The van der Waals surface area contributed by atoms with Gasteiger partial charge in [-0.1, -0.05) is 19.9 Å². The Hall–Kier alpha value is -1.06. The van der Waals surface area contributed by atoms with Crippen LogP contribution in [0.4, 0.5) is 0 Å². The van der Waals surface area contributed by atoms with Crippen molar-refractivity contribution in [2.24, 2.45) is 5.73 Å². The molecule has 0 bridgehead atoms. The van der Waals surface area contributed by atoms with E-state index in [0.29, 0.717) is 6.42 Å². The second-order valence-electron chi connectivity index (χ2n) is 5.00. The van der Waals surface area contributed by atoms with Crippen molar-refractivity contribution < 1.29 is 10.2 Å². The average molecular weight is 235 g/mol. The number of nitrogens with two attached hydrogens (primary N) is 1. The number of fused-ring (bicyclic) bond motifs is 1. The smallest absolute Gasteiger partial charge is 0.115 e. The van der Waals surface area contributed by atoms with Gasteiger partial charge in [-0.05, 0) is 36.1 Å². The van der Waals surface area contributed by atoms with Crippen LogP contribution in [0.15, 0.2) is 18.2 Å². The molecule has 1 aromatic rings. The molecule has 0 aromatic heterocycles. The van der Waals surface area contributed by atoms with Gasteiger partial charge in [-0.25, -0.2) is 0 Å². The summed E-state index contributed by atoms with van der Waals surface area (Å²) in [6.07, 6.45) is 1.83. The molecule has 0 saturated heterocycles. The minimum atomic E-state index is -0.494. The fraction of sp³-hybridized carbons (Fsp3) is 0.571. The summed E-state index contributed by atoms with van der Waals surface area (Å²) in [5.74, 6) is 0.276. The maximum Gasteiger partial charge on any atom is 0.115 e. The molecule has 0 amide bonds. The first-order valence-corrected chi connectivity index (χ1v) is 6.31. The monoisotopic (exact) mass is 235 g/mol. The van der Waals surface area contributed by atoms with Gasteiger partial charge in [-0.15, -0.1) is 0 Å². The number of phenols is 1. The van der Waals surface area contributed by atoms with E-state index in [2.05, 4.69) is 13.8 Å². The van der Waals surface area contributed by atoms with Gasteiger partial charge in [-0.2, -0.15) is 0 Å². The second kappa shape index (κ2) is 4.31. The van der Waals surface area contributed by atoms with E-state index < -0.39 is 6.10 Å². The van der Waals surface area contributed by atoms with E-state index in [1.54, 1.807) is 6.07 Å². The van der Waals surface area contributed by atoms with Gasteiger partial charge in [0.2, 0.25) is 0 Å². The zero-order valence-corrected chi connectivity index (χ0v) is 10.5. The summed E-state index contributed by atoms with van der Waals surface area (Å²) in [6, 6.07) is 5.14. The summed E-state index contributed by atoms with van der Waals surface area (Å²) in [4.78, 5) is 0. The number of aliphatic hydroxyl groups excluding tert-OH is 1. The summed E-state index contributed by atoms with van der Waals surface area (Å²) in [5, 5.41) is 19.8. The van der Waals surface area contributed by atoms with Crippen LogP contribution in [0.3, 0.4) is 0 Å². The van der Waals surface area contributed by atoms with Crippen molar-refractivity contribution in [2.75, 3.05) is 0 Å². The Labute approximate surface area is 102 Å². The van der Waals surface area contributed by atoms with Gasteiger partial charge >= 0.3 is 0 Å². The number of hydrogen-bond acceptors (Lipinski definition) is 3.